The number of imide groups is 1. The minimum Gasteiger partial charge on any atom is -0.494 e. The van der Waals surface area contributed by atoms with Crippen LogP contribution < -0.4 is 15.0 Å². The second-order valence-electron chi connectivity index (χ2n) is 8.03. The number of nitrogens with zero attached hydrogens (tertiary/aromatic N) is 2. The summed E-state index contributed by atoms with van der Waals surface area (Å²) in [5, 5.41) is 6.29. The molecule has 0 saturated carbocycles. The van der Waals surface area contributed by atoms with E-state index in [1.807, 2.05) is 20.8 Å². The van der Waals surface area contributed by atoms with Gasteiger partial charge in [0.2, 0.25) is 5.88 Å². The number of hydrogen-bond donors (Lipinski definition) is 1. The third-order valence-electron chi connectivity index (χ3n) is 5.25. The molecule has 0 unspecified atom stereocenters. The van der Waals surface area contributed by atoms with E-state index in [1.54, 1.807) is 30.3 Å². The Morgan fingerprint density at radius 1 is 1.03 bits per heavy atom. The van der Waals surface area contributed by atoms with E-state index in [4.69, 9.17) is 14.0 Å². The Labute approximate surface area is 200 Å². The van der Waals surface area contributed by atoms with Crippen LogP contribution in [0.15, 0.2) is 53.1 Å². The first-order valence-corrected chi connectivity index (χ1v) is 11.0. The second-order valence-corrected chi connectivity index (χ2v) is 8.03. The molecule has 3 amide bonds. The topological polar surface area (TPSA) is 128 Å². The van der Waals surface area contributed by atoms with Crippen LogP contribution in [0.2, 0.25) is 0 Å². The average molecular weight is 477 g/mol. The summed E-state index contributed by atoms with van der Waals surface area (Å²) in [6.45, 7) is 5.63. The molecule has 2 aromatic carbocycles. The van der Waals surface area contributed by atoms with Crippen LogP contribution in [-0.2, 0) is 9.53 Å². The van der Waals surface area contributed by atoms with Gasteiger partial charge >= 0.3 is 5.97 Å². The molecule has 0 radical (unpaired) electrons. The Morgan fingerprint density at radius 2 is 1.74 bits per heavy atom. The van der Waals surface area contributed by atoms with Gasteiger partial charge in [-0.05, 0) is 55.3 Å². The molecule has 0 fully saturated rings. The van der Waals surface area contributed by atoms with Gasteiger partial charge in [0.15, 0.2) is 6.61 Å². The number of hydrogen-bond acceptors (Lipinski definition) is 8. The number of rotatable bonds is 8. The fourth-order valence-electron chi connectivity index (χ4n) is 3.47. The van der Waals surface area contributed by atoms with Crippen molar-refractivity contribution < 1.29 is 33.2 Å². The molecule has 0 atom stereocenters. The maximum absolute atomic E-state index is 13.0. The van der Waals surface area contributed by atoms with Gasteiger partial charge in [-0.3, -0.25) is 19.7 Å². The standard InChI is InChI=1S/C25H23N3O7/c1-4-33-17-8-6-16(7-9-17)28-23(30)18-10-5-15(11-19(18)24(28)31)25(32)34-13-21(29)26-22-12-20(14(2)3)27-35-22/h5-12,14H,4,13H2,1-3H3,(H,26,29). The predicted molar refractivity (Wildman–Crippen MR) is 125 cm³/mol. The van der Waals surface area contributed by atoms with Gasteiger partial charge in [0.1, 0.15) is 5.75 Å². The van der Waals surface area contributed by atoms with Crippen molar-refractivity contribution in [2.24, 2.45) is 0 Å². The Hall–Kier alpha value is -4.47. The van der Waals surface area contributed by atoms with Gasteiger partial charge in [0, 0.05) is 6.07 Å². The Balaban J connectivity index is 1.41. The van der Waals surface area contributed by atoms with E-state index in [9.17, 15) is 19.2 Å². The highest BCUT2D eigenvalue weighted by Gasteiger charge is 2.37. The molecule has 10 nitrogen and oxygen atoms in total. The van der Waals surface area contributed by atoms with Crippen LogP contribution in [0.4, 0.5) is 11.6 Å². The first kappa shape index (κ1) is 23.7. The van der Waals surface area contributed by atoms with E-state index < -0.39 is 30.3 Å². The lowest BCUT2D eigenvalue weighted by Crippen LogP contribution is -2.29. The zero-order valence-corrected chi connectivity index (χ0v) is 19.4. The molecule has 10 heteroatoms. The van der Waals surface area contributed by atoms with Crippen molar-refractivity contribution in [3.8, 4) is 5.75 Å². The van der Waals surface area contributed by atoms with Gasteiger partial charge in [0.05, 0.1) is 34.7 Å². The van der Waals surface area contributed by atoms with E-state index in [2.05, 4.69) is 10.5 Å². The molecule has 180 valence electrons. The number of aromatic nitrogens is 1. The van der Waals surface area contributed by atoms with Crippen molar-refractivity contribution in [2.45, 2.75) is 26.7 Å². The van der Waals surface area contributed by atoms with Crippen molar-refractivity contribution in [2.75, 3.05) is 23.4 Å². The molecule has 1 aliphatic heterocycles. The van der Waals surface area contributed by atoms with Gasteiger partial charge in [-0.1, -0.05) is 19.0 Å². The number of ether oxygens (including phenoxy) is 2. The van der Waals surface area contributed by atoms with E-state index >= 15 is 0 Å². The van der Waals surface area contributed by atoms with Gasteiger partial charge in [-0.25, -0.2) is 9.69 Å². The van der Waals surface area contributed by atoms with Gasteiger partial charge < -0.3 is 14.0 Å². The molecule has 1 aliphatic rings. The lowest BCUT2D eigenvalue weighted by Gasteiger charge is -2.14. The summed E-state index contributed by atoms with van der Waals surface area (Å²) in [4.78, 5) is 51.4. The lowest BCUT2D eigenvalue weighted by molar-refractivity contribution is -0.119. The molecule has 0 saturated heterocycles. The SMILES string of the molecule is CCOc1ccc(N2C(=O)c3ccc(C(=O)OCC(=O)Nc4cc(C(C)C)no4)cc3C2=O)cc1. The van der Waals surface area contributed by atoms with Gasteiger partial charge in [0.25, 0.3) is 17.7 Å². The van der Waals surface area contributed by atoms with Crippen molar-refractivity contribution in [3.63, 3.8) is 0 Å². The van der Waals surface area contributed by atoms with Crippen LogP contribution in [0.5, 0.6) is 5.75 Å². The minimum atomic E-state index is -0.817. The molecular weight excluding hydrogens is 454 g/mol. The zero-order valence-electron chi connectivity index (χ0n) is 19.4. The molecule has 0 bridgehead atoms. The van der Waals surface area contributed by atoms with Crippen LogP contribution in [-0.4, -0.2) is 42.1 Å². The van der Waals surface area contributed by atoms with Crippen molar-refractivity contribution in [3.05, 3.63) is 70.9 Å². The zero-order chi connectivity index (χ0) is 25.1. The third-order valence-corrected chi connectivity index (χ3v) is 5.25. The van der Waals surface area contributed by atoms with E-state index in [-0.39, 0.29) is 28.5 Å². The maximum atomic E-state index is 13.0. The predicted octanol–water partition coefficient (Wildman–Crippen LogP) is 3.79. The number of anilines is 2. The highest BCUT2D eigenvalue weighted by atomic mass is 16.5. The molecule has 4 rings (SSSR count). The highest BCUT2D eigenvalue weighted by molar-refractivity contribution is 6.34. The van der Waals surface area contributed by atoms with Crippen molar-refractivity contribution in [1.29, 1.82) is 0 Å². The summed E-state index contributed by atoms with van der Waals surface area (Å²) in [5.74, 6) is -1.60. The quantitative estimate of drug-likeness (QED) is 0.383. The molecule has 2 heterocycles. The van der Waals surface area contributed by atoms with Crippen LogP contribution in [0.25, 0.3) is 0 Å². The molecule has 1 N–H and O–H groups in total. The number of amides is 3. The molecule has 35 heavy (non-hydrogen) atoms. The molecule has 0 spiro atoms. The molecular formula is C25H23N3O7. The molecule has 0 aliphatic carbocycles. The van der Waals surface area contributed by atoms with Crippen LogP contribution in [0.3, 0.4) is 0 Å². The first-order valence-electron chi connectivity index (χ1n) is 11.0. The van der Waals surface area contributed by atoms with Gasteiger partial charge in [-0.15, -0.1) is 0 Å². The Bertz CT molecular complexity index is 1290. The van der Waals surface area contributed by atoms with Crippen molar-refractivity contribution in [1.82, 2.24) is 5.16 Å². The Morgan fingerprint density at radius 3 is 2.40 bits per heavy atom. The number of carbonyl (C=O) groups excluding carboxylic acids is 4. The fourth-order valence-corrected chi connectivity index (χ4v) is 3.47. The number of fused-ring (bicyclic) bond motifs is 1. The third kappa shape index (κ3) is 4.91. The first-order chi connectivity index (χ1) is 16.8. The summed E-state index contributed by atoms with van der Waals surface area (Å²) in [6, 6.07) is 12.2. The van der Waals surface area contributed by atoms with Gasteiger partial charge in [-0.2, -0.15) is 0 Å². The monoisotopic (exact) mass is 477 g/mol. The summed E-state index contributed by atoms with van der Waals surface area (Å²) in [6.07, 6.45) is 0. The largest absolute Gasteiger partial charge is 0.494 e. The summed E-state index contributed by atoms with van der Waals surface area (Å²) in [5.41, 5.74) is 1.34. The Kier molecular flexibility index (Phi) is 6.63. The number of nitrogens with one attached hydrogen (secondary N) is 1. The fraction of sp³-hybridized carbons (Fsp3) is 0.240. The van der Waals surface area contributed by atoms with E-state index in [1.165, 1.54) is 18.2 Å². The van der Waals surface area contributed by atoms with E-state index in [0.29, 0.717) is 23.7 Å². The number of carbonyl (C=O) groups is 4. The molecule has 3 aromatic rings. The normalized spacial score (nSPS) is 12.6. The molecule has 1 aromatic heterocycles. The smallest absolute Gasteiger partial charge is 0.338 e. The number of benzene rings is 2. The summed E-state index contributed by atoms with van der Waals surface area (Å²) in [7, 11) is 0. The minimum absolute atomic E-state index is 0.0352. The van der Waals surface area contributed by atoms with E-state index in [0.717, 1.165) is 4.90 Å². The summed E-state index contributed by atoms with van der Waals surface area (Å²) >= 11 is 0. The lowest BCUT2D eigenvalue weighted by atomic mass is 10.1. The average Bonchev–Trinajstić information content (AvgIpc) is 3.41. The van der Waals surface area contributed by atoms with Crippen molar-refractivity contribution >= 4 is 35.3 Å². The maximum Gasteiger partial charge on any atom is 0.338 e. The summed E-state index contributed by atoms with van der Waals surface area (Å²) < 4.78 is 15.5. The van der Waals surface area contributed by atoms with Crippen LogP contribution >= 0.6 is 0 Å². The second kappa shape index (κ2) is 9.80. The van der Waals surface area contributed by atoms with Crippen LogP contribution in [0, 0.1) is 0 Å². The van der Waals surface area contributed by atoms with Crippen LogP contribution in [0.1, 0.15) is 63.5 Å². The number of esters is 1. The highest BCUT2D eigenvalue weighted by Crippen LogP contribution is 2.30.